The second-order valence-corrected chi connectivity index (χ2v) is 4.57. The van der Waals surface area contributed by atoms with Crippen molar-refractivity contribution in [1.29, 1.82) is 0 Å². The first-order valence-corrected chi connectivity index (χ1v) is 7.09. The Hall–Kier alpha value is -1.30. The van der Waals surface area contributed by atoms with E-state index < -0.39 is 0 Å². The van der Waals surface area contributed by atoms with E-state index in [2.05, 4.69) is 12.2 Å². The summed E-state index contributed by atoms with van der Waals surface area (Å²) in [5.41, 5.74) is 0. The lowest BCUT2D eigenvalue weighted by molar-refractivity contribution is -0.132. The van der Waals surface area contributed by atoms with Gasteiger partial charge in [0.1, 0.15) is 0 Å². The van der Waals surface area contributed by atoms with Crippen molar-refractivity contribution in [3.8, 4) is 0 Å². The minimum absolute atomic E-state index is 0.159. The van der Waals surface area contributed by atoms with Crippen LogP contribution in [0.5, 0.6) is 0 Å². The van der Waals surface area contributed by atoms with E-state index in [4.69, 9.17) is 4.74 Å². The summed E-state index contributed by atoms with van der Waals surface area (Å²) in [7, 11) is 0. The maximum atomic E-state index is 11.9. The van der Waals surface area contributed by atoms with Gasteiger partial charge < -0.3 is 19.9 Å². The second-order valence-electron chi connectivity index (χ2n) is 4.57. The Labute approximate surface area is 115 Å². The molecule has 0 unspecified atom stereocenters. The fraction of sp³-hybridized carbons (Fsp3) is 0.846. The maximum absolute atomic E-state index is 11.9. The Kier molecular flexibility index (Phi) is 7.25. The van der Waals surface area contributed by atoms with Crippen molar-refractivity contribution >= 4 is 12.0 Å². The molecule has 1 N–H and O–H groups in total. The summed E-state index contributed by atoms with van der Waals surface area (Å²) >= 11 is 0. The van der Waals surface area contributed by atoms with E-state index in [1.807, 2.05) is 4.90 Å². The zero-order valence-electron chi connectivity index (χ0n) is 12.0. The fourth-order valence-electron chi connectivity index (χ4n) is 2.01. The van der Waals surface area contributed by atoms with E-state index in [9.17, 15) is 9.59 Å². The minimum atomic E-state index is -0.279. The van der Waals surface area contributed by atoms with Gasteiger partial charge in [-0.1, -0.05) is 6.92 Å². The molecule has 0 spiro atoms. The van der Waals surface area contributed by atoms with E-state index in [0.717, 1.165) is 19.5 Å². The predicted octanol–water partition coefficient (Wildman–Crippen LogP) is 0.677. The molecule has 1 saturated heterocycles. The molecule has 1 fully saturated rings. The minimum Gasteiger partial charge on any atom is -0.450 e. The van der Waals surface area contributed by atoms with Crippen LogP contribution in [0.4, 0.5) is 4.79 Å². The van der Waals surface area contributed by atoms with Crippen molar-refractivity contribution in [2.75, 3.05) is 45.9 Å². The standard InChI is InChI=1S/C13H25N3O3/c1-3-6-14-7-5-12(17)15-8-10-16(11-9-15)13(18)19-4-2/h14H,3-11H2,1-2H3. The first kappa shape index (κ1) is 15.8. The average Bonchev–Trinajstić information content (AvgIpc) is 2.44. The number of nitrogens with one attached hydrogen (secondary N) is 1. The molecule has 0 bridgehead atoms. The zero-order chi connectivity index (χ0) is 14.1. The highest BCUT2D eigenvalue weighted by Gasteiger charge is 2.24. The van der Waals surface area contributed by atoms with Gasteiger partial charge in [-0.15, -0.1) is 0 Å². The van der Waals surface area contributed by atoms with Crippen LogP contribution in [0.1, 0.15) is 26.7 Å². The molecule has 2 amide bonds. The lowest BCUT2D eigenvalue weighted by Gasteiger charge is -2.34. The average molecular weight is 271 g/mol. The van der Waals surface area contributed by atoms with Gasteiger partial charge in [0.2, 0.25) is 5.91 Å². The van der Waals surface area contributed by atoms with Gasteiger partial charge in [-0.2, -0.15) is 0 Å². The summed E-state index contributed by atoms with van der Waals surface area (Å²) in [6.07, 6.45) is 1.32. The van der Waals surface area contributed by atoms with Crippen LogP contribution in [0.2, 0.25) is 0 Å². The number of amides is 2. The van der Waals surface area contributed by atoms with Crippen LogP contribution in [-0.2, 0) is 9.53 Å². The van der Waals surface area contributed by atoms with Crippen LogP contribution < -0.4 is 5.32 Å². The normalized spacial score (nSPS) is 15.5. The van der Waals surface area contributed by atoms with Crippen LogP contribution in [-0.4, -0.2) is 67.7 Å². The van der Waals surface area contributed by atoms with Crippen LogP contribution in [0.3, 0.4) is 0 Å². The molecule has 0 saturated carbocycles. The van der Waals surface area contributed by atoms with Crippen molar-refractivity contribution in [3.63, 3.8) is 0 Å². The summed E-state index contributed by atoms with van der Waals surface area (Å²) in [6, 6.07) is 0. The summed E-state index contributed by atoms with van der Waals surface area (Å²) in [5.74, 6) is 0.159. The molecule has 0 aromatic carbocycles. The molecular weight excluding hydrogens is 246 g/mol. The lowest BCUT2D eigenvalue weighted by atomic mass is 10.3. The largest absolute Gasteiger partial charge is 0.450 e. The summed E-state index contributed by atoms with van der Waals surface area (Å²) in [5, 5.41) is 3.22. The van der Waals surface area contributed by atoms with Gasteiger partial charge in [0.15, 0.2) is 0 Å². The molecule has 0 aliphatic carbocycles. The molecule has 1 rings (SSSR count). The molecule has 6 heteroatoms. The summed E-state index contributed by atoms with van der Waals surface area (Å²) < 4.78 is 4.94. The van der Waals surface area contributed by atoms with Crippen molar-refractivity contribution < 1.29 is 14.3 Å². The van der Waals surface area contributed by atoms with Gasteiger partial charge in [-0.3, -0.25) is 4.79 Å². The van der Waals surface area contributed by atoms with Gasteiger partial charge in [0.25, 0.3) is 0 Å². The molecule has 0 aromatic rings. The Bertz CT molecular complexity index is 289. The third kappa shape index (κ3) is 5.46. The zero-order valence-corrected chi connectivity index (χ0v) is 12.0. The van der Waals surface area contributed by atoms with E-state index in [-0.39, 0.29) is 12.0 Å². The molecular formula is C13H25N3O3. The van der Waals surface area contributed by atoms with Crippen molar-refractivity contribution in [2.45, 2.75) is 26.7 Å². The number of rotatable bonds is 6. The predicted molar refractivity (Wildman–Crippen MR) is 73.0 cm³/mol. The van der Waals surface area contributed by atoms with Crippen LogP contribution >= 0.6 is 0 Å². The summed E-state index contributed by atoms with van der Waals surface area (Å²) in [6.45, 7) is 8.29. The smallest absolute Gasteiger partial charge is 0.409 e. The highest BCUT2D eigenvalue weighted by Crippen LogP contribution is 2.05. The fourth-order valence-corrected chi connectivity index (χ4v) is 2.01. The summed E-state index contributed by atoms with van der Waals surface area (Å²) in [4.78, 5) is 26.9. The topological polar surface area (TPSA) is 61.9 Å². The quantitative estimate of drug-likeness (QED) is 0.722. The first-order chi connectivity index (χ1) is 9.19. The van der Waals surface area contributed by atoms with Crippen molar-refractivity contribution in [2.24, 2.45) is 0 Å². The number of hydrogen-bond acceptors (Lipinski definition) is 4. The van der Waals surface area contributed by atoms with E-state index in [1.165, 1.54) is 0 Å². The number of hydrogen-bond donors (Lipinski definition) is 1. The van der Waals surface area contributed by atoms with Crippen LogP contribution in [0.15, 0.2) is 0 Å². The van der Waals surface area contributed by atoms with Gasteiger partial charge in [-0.05, 0) is 19.9 Å². The Morgan fingerprint density at radius 2 is 1.68 bits per heavy atom. The molecule has 1 aliphatic heterocycles. The lowest BCUT2D eigenvalue weighted by Crippen LogP contribution is -2.51. The highest BCUT2D eigenvalue weighted by molar-refractivity contribution is 5.77. The van der Waals surface area contributed by atoms with Gasteiger partial charge >= 0.3 is 6.09 Å². The third-order valence-corrected chi connectivity index (χ3v) is 3.10. The Morgan fingerprint density at radius 1 is 1.05 bits per heavy atom. The molecule has 110 valence electrons. The Morgan fingerprint density at radius 3 is 2.26 bits per heavy atom. The molecule has 1 heterocycles. The second kappa shape index (κ2) is 8.74. The van der Waals surface area contributed by atoms with Crippen molar-refractivity contribution in [1.82, 2.24) is 15.1 Å². The molecule has 1 aliphatic rings. The molecule has 0 aromatic heterocycles. The van der Waals surface area contributed by atoms with Crippen LogP contribution in [0, 0.1) is 0 Å². The number of nitrogens with zero attached hydrogens (tertiary/aromatic N) is 2. The Balaban J connectivity index is 2.21. The molecule has 19 heavy (non-hydrogen) atoms. The molecule has 0 atom stereocenters. The third-order valence-electron chi connectivity index (χ3n) is 3.10. The van der Waals surface area contributed by atoms with Gasteiger partial charge in [-0.25, -0.2) is 4.79 Å². The van der Waals surface area contributed by atoms with Gasteiger partial charge in [0, 0.05) is 39.1 Å². The van der Waals surface area contributed by atoms with Gasteiger partial charge in [0.05, 0.1) is 6.61 Å². The maximum Gasteiger partial charge on any atom is 0.409 e. The first-order valence-electron chi connectivity index (χ1n) is 7.09. The van der Waals surface area contributed by atoms with Crippen molar-refractivity contribution in [3.05, 3.63) is 0 Å². The molecule has 0 radical (unpaired) electrons. The highest BCUT2D eigenvalue weighted by atomic mass is 16.6. The monoisotopic (exact) mass is 271 g/mol. The van der Waals surface area contributed by atoms with Crippen LogP contribution in [0.25, 0.3) is 0 Å². The van der Waals surface area contributed by atoms with E-state index in [1.54, 1.807) is 11.8 Å². The number of ether oxygens (including phenoxy) is 1. The van der Waals surface area contributed by atoms with E-state index in [0.29, 0.717) is 39.2 Å². The SMILES string of the molecule is CCCNCCC(=O)N1CCN(C(=O)OCC)CC1. The number of carbonyl (C=O) groups is 2. The number of carbonyl (C=O) groups excluding carboxylic acids is 2. The number of piperazine rings is 1. The molecule has 6 nitrogen and oxygen atoms in total. The van der Waals surface area contributed by atoms with E-state index >= 15 is 0 Å².